The maximum absolute atomic E-state index is 12.8. The zero-order chi connectivity index (χ0) is 26.8. The SMILES string of the molecule is CC(C)(C)OC(=O)N1C[C@H](NC(=O)c2ncc(-c3cccc(OC(F)(F)F)c3)o2)C[C@H]1Cn1cccn1. The van der Waals surface area contributed by atoms with Crippen molar-refractivity contribution >= 4 is 12.0 Å². The van der Waals surface area contributed by atoms with Gasteiger partial charge < -0.3 is 24.1 Å². The molecule has 2 atom stereocenters. The summed E-state index contributed by atoms with van der Waals surface area (Å²) in [5.41, 5.74) is -0.435. The van der Waals surface area contributed by atoms with Gasteiger partial charge in [0, 0.05) is 30.5 Å². The van der Waals surface area contributed by atoms with Crippen LogP contribution in [-0.2, 0) is 11.3 Å². The number of alkyl halides is 3. The number of hydrogen-bond donors (Lipinski definition) is 1. The molecule has 1 fully saturated rings. The van der Waals surface area contributed by atoms with Gasteiger partial charge in [0.15, 0.2) is 5.76 Å². The summed E-state index contributed by atoms with van der Waals surface area (Å²) >= 11 is 0. The molecule has 1 aliphatic rings. The minimum Gasteiger partial charge on any atom is -0.444 e. The van der Waals surface area contributed by atoms with Crippen molar-refractivity contribution < 1.29 is 36.7 Å². The molecular formula is C24H26F3N5O5. The zero-order valence-corrected chi connectivity index (χ0v) is 20.4. The topological polar surface area (TPSA) is 112 Å². The van der Waals surface area contributed by atoms with Crippen molar-refractivity contribution in [2.45, 2.75) is 57.8 Å². The highest BCUT2D eigenvalue weighted by Gasteiger charge is 2.39. The number of ether oxygens (including phenoxy) is 2. The van der Waals surface area contributed by atoms with Gasteiger partial charge in [-0.25, -0.2) is 9.78 Å². The molecule has 2 amide bonds. The van der Waals surface area contributed by atoms with Crippen LogP contribution in [0.2, 0.25) is 0 Å². The number of amides is 2. The molecule has 0 saturated carbocycles. The Balaban J connectivity index is 1.44. The van der Waals surface area contributed by atoms with Gasteiger partial charge in [-0.3, -0.25) is 9.48 Å². The molecule has 3 aromatic rings. The Bertz CT molecular complexity index is 1240. The van der Waals surface area contributed by atoms with Crippen LogP contribution in [0.4, 0.5) is 18.0 Å². The average molecular weight is 521 g/mol. The lowest BCUT2D eigenvalue weighted by atomic mass is 10.1. The first-order valence-electron chi connectivity index (χ1n) is 11.5. The number of likely N-dealkylation sites (tertiary alicyclic amines) is 1. The lowest BCUT2D eigenvalue weighted by molar-refractivity contribution is -0.274. The molecule has 4 rings (SSSR count). The molecule has 0 bridgehead atoms. The molecule has 3 heterocycles. The minimum absolute atomic E-state index is 0.0936. The second-order valence-corrected chi connectivity index (χ2v) is 9.53. The van der Waals surface area contributed by atoms with E-state index in [1.165, 1.54) is 18.3 Å². The molecule has 1 aromatic carbocycles. The summed E-state index contributed by atoms with van der Waals surface area (Å²) in [6.07, 6.45) is -0.242. The highest BCUT2D eigenvalue weighted by molar-refractivity contribution is 5.90. The van der Waals surface area contributed by atoms with Crippen LogP contribution in [0.5, 0.6) is 5.75 Å². The van der Waals surface area contributed by atoms with Crippen LogP contribution >= 0.6 is 0 Å². The highest BCUT2D eigenvalue weighted by Crippen LogP contribution is 2.29. The number of carbonyl (C=O) groups is 2. The molecule has 1 saturated heterocycles. The second kappa shape index (κ2) is 10.1. The first-order valence-corrected chi connectivity index (χ1v) is 11.5. The van der Waals surface area contributed by atoms with Crippen molar-refractivity contribution in [3.05, 3.63) is 54.8 Å². The number of oxazole rings is 1. The summed E-state index contributed by atoms with van der Waals surface area (Å²) in [6, 6.07) is 6.22. The first kappa shape index (κ1) is 26.0. The van der Waals surface area contributed by atoms with Gasteiger partial charge in [-0.1, -0.05) is 12.1 Å². The molecule has 37 heavy (non-hydrogen) atoms. The molecule has 198 valence electrons. The molecule has 1 N–H and O–H groups in total. The lowest BCUT2D eigenvalue weighted by Crippen LogP contribution is -2.43. The Kier molecular flexibility index (Phi) is 7.14. The Labute approximate surface area is 210 Å². The van der Waals surface area contributed by atoms with E-state index in [9.17, 15) is 22.8 Å². The van der Waals surface area contributed by atoms with E-state index < -0.39 is 35.8 Å². The van der Waals surface area contributed by atoms with Crippen molar-refractivity contribution in [3.63, 3.8) is 0 Å². The molecule has 1 aliphatic heterocycles. The molecule has 2 aromatic heterocycles. The number of aromatic nitrogens is 3. The van der Waals surface area contributed by atoms with Gasteiger partial charge in [0.1, 0.15) is 11.4 Å². The average Bonchev–Trinajstić information content (AvgIpc) is 3.53. The first-order chi connectivity index (χ1) is 17.4. The van der Waals surface area contributed by atoms with Crippen molar-refractivity contribution in [1.29, 1.82) is 0 Å². The maximum atomic E-state index is 12.8. The van der Waals surface area contributed by atoms with Gasteiger partial charge in [-0.2, -0.15) is 5.10 Å². The lowest BCUT2D eigenvalue weighted by Gasteiger charge is -2.28. The van der Waals surface area contributed by atoms with Gasteiger partial charge in [0.2, 0.25) is 0 Å². The summed E-state index contributed by atoms with van der Waals surface area (Å²) in [5.74, 6) is -1.22. The third-order valence-corrected chi connectivity index (χ3v) is 5.39. The second-order valence-electron chi connectivity index (χ2n) is 9.53. The van der Waals surface area contributed by atoms with Crippen molar-refractivity contribution in [1.82, 2.24) is 25.0 Å². The van der Waals surface area contributed by atoms with Crippen LogP contribution in [0, 0.1) is 0 Å². The fourth-order valence-electron chi connectivity index (χ4n) is 3.97. The number of hydrogen-bond acceptors (Lipinski definition) is 7. The molecule has 10 nitrogen and oxygen atoms in total. The smallest absolute Gasteiger partial charge is 0.444 e. The van der Waals surface area contributed by atoms with E-state index in [4.69, 9.17) is 9.15 Å². The Morgan fingerprint density at radius 3 is 2.68 bits per heavy atom. The Morgan fingerprint density at radius 1 is 1.22 bits per heavy atom. The third-order valence-electron chi connectivity index (χ3n) is 5.39. The van der Waals surface area contributed by atoms with E-state index in [-0.39, 0.29) is 29.8 Å². The fraction of sp³-hybridized carbons (Fsp3) is 0.417. The van der Waals surface area contributed by atoms with Crippen LogP contribution in [0.1, 0.15) is 37.9 Å². The predicted octanol–water partition coefficient (Wildman–Crippen LogP) is 4.24. The zero-order valence-electron chi connectivity index (χ0n) is 20.4. The highest BCUT2D eigenvalue weighted by atomic mass is 19.4. The quantitative estimate of drug-likeness (QED) is 0.516. The summed E-state index contributed by atoms with van der Waals surface area (Å²) in [5, 5.41) is 7.01. The molecule has 13 heteroatoms. The summed E-state index contributed by atoms with van der Waals surface area (Å²) in [4.78, 5) is 31.2. The van der Waals surface area contributed by atoms with Crippen LogP contribution < -0.4 is 10.1 Å². The normalized spacial score (nSPS) is 18.1. The van der Waals surface area contributed by atoms with E-state index in [1.54, 1.807) is 48.8 Å². The van der Waals surface area contributed by atoms with E-state index in [0.717, 1.165) is 12.1 Å². The number of carbonyl (C=O) groups excluding carboxylic acids is 2. The van der Waals surface area contributed by atoms with Gasteiger partial charge in [0.05, 0.1) is 18.8 Å². The van der Waals surface area contributed by atoms with E-state index >= 15 is 0 Å². The number of benzene rings is 1. The number of rotatable bonds is 6. The molecule has 0 aliphatic carbocycles. The molecule has 0 spiro atoms. The number of nitrogens with one attached hydrogen (secondary N) is 1. The Morgan fingerprint density at radius 2 is 2.00 bits per heavy atom. The maximum Gasteiger partial charge on any atom is 0.573 e. The fourth-order valence-corrected chi connectivity index (χ4v) is 3.97. The molecule has 0 radical (unpaired) electrons. The van der Waals surface area contributed by atoms with Gasteiger partial charge in [-0.15, -0.1) is 13.2 Å². The van der Waals surface area contributed by atoms with Crippen molar-refractivity contribution in [3.8, 4) is 17.1 Å². The largest absolute Gasteiger partial charge is 0.573 e. The van der Waals surface area contributed by atoms with E-state index in [0.29, 0.717) is 13.0 Å². The van der Waals surface area contributed by atoms with Crippen LogP contribution in [-0.4, -0.2) is 62.3 Å². The van der Waals surface area contributed by atoms with Gasteiger partial charge in [0.25, 0.3) is 5.89 Å². The Hall–Kier alpha value is -4.03. The molecular weight excluding hydrogens is 495 g/mol. The molecule has 0 unspecified atom stereocenters. The van der Waals surface area contributed by atoms with Crippen LogP contribution in [0.3, 0.4) is 0 Å². The van der Waals surface area contributed by atoms with Gasteiger partial charge in [-0.05, 0) is 45.4 Å². The van der Waals surface area contributed by atoms with E-state index in [1.807, 2.05) is 0 Å². The predicted molar refractivity (Wildman–Crippen MR) is 123 cm³/mol. The van der Waals surface area contributed by atoms with Crippen LogP contribution in [0.25, 0.3) is 11.3 Å². The van der Waals surface area contributed by atoms with Crippen LogP contribution in [0.15, 0.2) is 53.3 Å². The summed E-state index contributed by atoms with van der Waals surface area (Å²) < 4.78 is 54.2. The van der Waals surface area contributed by atoms with Crippen molar-refractivity contribution in [2.75, 3.05) is 6.54 Å². The minimum atomic E-state index is -4.84. The van der Waals surface area contributed by atoms with Crippen molar-refractivity contribution in [2.24, 2.45) is 0 Å². The van der Waals surface area contributed by atoms with Gasteiger partial charge >= 0.3 is 18.4 Å². The summed E-state index contributed by atoms with van der Waals surface area (Å²) in [7, 11) is 0. The number of nitrogens with zero attached hydrogens (tertiary/aromatic N) is 4. The third kappa shape index (κ3) is 7.02. The monoisotopic (exact) mass is 521 g/mol. The van der Waals surface area contributed by atoms with E-state index in [2.05, 4.69) is 20.1 Å². The number of halogens is 3. The summed E-state index contributed by atoms with van der Waals surface area (Å²) in [6.45, 7) is 5.94. The standard InChI is InChI=1S/C24H26F3N5O5/c1-23(2,3)37-22(34)32-13-16(11-17(32)14-31-9-5-8-29-31)30-20(33)21-28-12-19(35-21)15-6-4-7-18(10-15)36-24(25,26)27/h4-10,12,16-17H,11,13-14H2,1-3H3,(H,30,33)/t16-,17+/m1/s1.